The van der Waals surface area contributed by atoms with Gasteiger partial charge in [-0.2, -0.15) is 0 Å². The van der Waals surface area contributed by atoms with Gasteiger partial charge in [0.1, 0.15) is 4.32 Å². The molecule has 0 amide bonds. The summed E-state index contributed by atoms with van der Waals surface area (Å²) in [5.74, 6) is 1.08. The van der Waals surface area contributed by atoms with Gasteiger partial charge in [0, 0.05) is 40.4 Å². The molecule has 0 saturated heterocycles. The van der Waals surface area contributed by atoms with Gasteiger partial charge in [-0.3, -0.25) is 0 Å². The summed E-state index contributed by atoms with van der Waals surface area (Å²) in [5, 5.41) is 0. The molecule has 0 bridgehead atoms. The Kier molecular flexibility index (Phi) is 12.3. The Morgan fingerprint density at radius 1 is 1.27 bits per heavy atom. The van der Waals surface area contributed by atoms with Crippen LogP contribution < -0.4 is 0 Å². The Hall–Kier alpha value is 1.16. The molecule has 0 aromatic carbocycles. The summed E-state index contributed by atoms with van der Waals surface area (Å²) in [5.41, 5.74) is 0. The van der Waals surface area contributed by atoms with Crippen LogP contribution in [-0.2, 0) is 27.3 Å². The molecule has 0 fully saturated rings. The van der Waals surface area contributed by atoms with Crippen LogP contribution in [0, 0.1) is 0 Å². The van der Waals surface area contributed by atoms with Crippen LogP contribution >= 0.6 is 24.0 Å². The topological polar surface area (TPSA) is 3.24 Å². The molecule has 1 nitrogen and oxygen atoms in total. The Morgan fingerprint density at radius 3 is 2.00 bits per heavy atom. The van der Waals surface area contributed by atoms with E-state index in [4.69, 9.17) is 12.2 Å². The van der Waals surface area contributed by atoms with Crippen LogP contribution in [0.25, 0.3) is 0 Å². The summed E-state index contributed by atoms with van der Waals surface area (Å²) in [7, 11) is 0. The second-order valence-corrected chi connectivity index (χ2v) is 3.77. The van der Waals surface area contributed by atoms with Crippen molar-refractivity contribution in [3.8, 4) is 0 Å². The number of thiocarbonyl (C=S) groups is 1. The fourth-order valence-electron chi connectivity index (χ4n) is 0.697. The van der Waals surface area contributed by atoms with Gasteiger partial charge < -0.3 is 4.90 Å². The first-order valence-electron chi connectivity index (χ1n) is 3.67. The Balaban J connectivity index is 0. The number of hydrogen-bond acceptors (Lipinski definition) is 2. The molecular formula is C7H15CdNS2. The van der Waals surface area contributed by atoms with Gasteiger partial charge >= 0.3 is 0 Å². The van der Waals surface area contributed by atoms with Crippen molar-refractivity contribution >= 4 is 28.3 Å². The molecule has 0 radical (unpaired) electrons. The minimum atomic E-state index is 0. The quantitative estimate of drug-likeness (QED) is 0.580. The van der Waals surface area contributed by atoms with Gasteiger partial charge in [-0.05, 0) is 19.6 Å². The normalized spacial score (nSPS) is 8.64. The van der Waals surface area contributed by atoms with E-state index in [1.54, 1.807) is 11.8 Å². The van der Waals surface area contributed by atoms with Gasteiger partial charge in [-0.1, -0.05) is 30.9 Å². The third-order valence-corrected chi connectivity index (χ3v) is 2.70. The maximum absolute atomic E-state index is 5.16. The fourth-order valence-corrected chi connectivity index (χ4v) is 2.00. The fraction of sp³-hybridized carbons (Fsp3) is 0.857. The minimum absolute atomic E-state index is 0. The summed E-state index contributed by atoms with van der Waals surface area (Å²) in [6.45, 7) is 8.45. The third-order valence-electron chi connectivity index (χ3n) is 1.29. The van der Waals surface area contributed by atoms with Crippen molar-refractivity contribution in [1.82, 2.24) is 4.90 Å². The van der Waals surface area contributed by atoms with E-state index in [0.717, 1.165) is 23.2 Å². The summed E-state index contributed by atoms with van der Waals surface area (Å²) in [4.78, 5) is 2.20. The molecular weight excluding hydrogens is 275 g/mol. The predicted molar refractivity (Wildman–Crippen MR) is 53.7 cm³/mol. The van der Waals surface area contributed by atoms with Crippen molar-refractivity contribution in [3.05, 3.63) is 0 Å². The average molecular weight is 290 g/mol. The Labute approximate surface area is 99.5 Å². The minimum Gasteiger partial charge on any atom is -0.358 e. The van der Waals surface area contributed by atoms with E-state index in [1.807, 2.05) is 0 Å². The summed E-state index contributed by atoms with van der Waals surface area (Å²) >= 11 is 6.91. The van der Waals surface area contributed by atoms with Crippen LogP contribution in [0.1, 0.15) is 20.8 Å². The standard InChI is InChI=1S/C7H15NS2.Cd/c1-4-8(5-2)7(9)10-6-3;/h4-6H2,1-3H3;. The number of nitrogens with zero attached hydrogens (tertiary/aromatic N) is 1. The Morgan fingerprint density at radius 2 is 1.73 bits per heavy atom. The maximum Gasteiger partial charge on any atom is 0.136 e. The van der Waals surface area contributed by atoms with Crippen molar-refractivity contribution in [2.45, 2.75) is 20.8 Å². The van der Waals surface area contributed by atoms with Crippen molar-refractivity contribution in [1.29, 1.82) is 0 Å². The van der Waals surface area contributed by atoms with E-state index in [2.05, 4.69) is 25.7 Å². The van der Waals surface area contributed by atoms with Gasteiger partial charge in [0.15, 0.2) is 0 Å². The zero-order valence-corrected chi connectivity index (χ0v) is 13.3. The van der Waals surface area contributed by atoms with Crippen molar-refractivity contribution < 1.29 is 27.3 Å². The van der Waals surface area contributed by atoms with Gasteiger partial charge in [0.25, 0.3) is 0 Å². The molecule has 0 aromatic rings. The SMILES string of the molecule is CCSC(=S)N(CC)CC.[Cd]. The molecule has 0 N–H and O–H groups in total. The predicted octanol–water partition coefficient (Wildman–Crippen LogP) is 2.36. The van der Waals surface area contributed by atoms with E-state index in [0.29, 0.717) is 0 Å². The van der Waals surface area contributed by atoms with Crippen molar-refractivity contribution in [2.24, 2.45) is 0 Å². The van der Waals surface area contributed by atoms with Gasteiger partial charge in [0.2, 0.25) is 0 Å². The third kappa shape index (κ3) is 6.33. The summed E-state index contributed by atoms with van der Waals surface area (Å²) in [6.07, 6.45) is 0. The molecule has 62 valence electrons. The molecule has 0 spiro atoms. The number of rotatable bonds is 3. The van der Waals surface area contributed by atoms with E-state index in [9.17, 15) is 0 Å². The van der Waals surface area contributed by atoms with Crippen LogP contribution in [0.5, 0.6) is 0 Å². The smallest absolute Gasteiger partial charge is 0.136 e. The molecule has 4 heteroatoms. The van der Waals surface area contributed by atoms with Crippen LogP contribution in [0.2, 0.25) is 0 Å². The van der Waals surface area contributed by atoms with Crippen molar-refractivity contribution in [3.63, 3.8) is 0 Å². The van der Waals surface area contributed by atoms with Crippen LogP contribution in [0.15, 0.2) is 0 Å². The first kappa shape index (κ1) is 14.7. The second kappa shape index (κ2) is 9.25. The molecule has 0 unspecified atom stereocenters. The zero-order valence-electron chi connectivity index (χ0n) is 7.59. The number of thioether (sulfide) groups is 1. The molecule has 0 saturated carbocycles. The zero-order chi connectivity index (χ0) is 7.98. The van der Waals surface area contributed by atoms with Gasteiger partial charge in [0.05, 0.1) is 0 Å². The Bertz CT molecular complexity index is 105. The second-order valence-electron chi connectivity index (χ2n) is 1.87. The first-order valence-corrected chi connectivity index (χ1v) is 5.07. The molecule has 0 aromatic heterocycles. The van der Waals surface area contributed by atoms with Crippen molar-refractivity contribution in [2.75, 3.05) is 18.8 Å². The monoisotopic (exact) mass is 291 g/mol. The van der Waals surface area contributed by atoms with Crippen LogP contribution in [-0.4, -0.2) is 28.1 Å². The van der Waals surface area contributed by atoms with Gasteiger partial charge in [-0.25, -0.2) is 0 Å². The molecule has 0 atom stereocenters. The average Bonchev–Trinajstić information content (AvgIpc) is 1.91. The maximum atomic E-state index is 5.16. The number of hydrogen-bond donors (Lipinski definition) is 0. The largest absolute Gasteiger partial charge is 0.358 e. The molecule has 0 aliphatic rings. The first-order chi connectivity index (χ1) is 4.76. The van der Waals surface area contributed by atoms with E-state index >= 15 is 0 Å². The summed E-state index contributed by atoms with van der Waals surface area (Å²) in [6, 6.07) is 0. The van der Waals surface area contributed by atoms with E-state index < -0.39 is 0 Å². The molecule has 0 aliphatic heterocycles. The molecule has 0 heterocycles. The summed E-state index contributed by atoms with van der Waals surface area (Å²) < 4.78 is 1.03. The van der Waals surface area contributed by atoms with Crippen LogP contribution in [0.4, 0.5) is 0 Å². The van der Waals surface area contributed by atoms with E-state index in [-0.39, 0.29) is 27.3 Å². The molecule has 0 aliphatic carbocycles. The molecule has 0 rings (SSSR count). The molecule has 11 heavy (non-hydrogen) atoms. The van der Waals surface area contributed by atoms with Crippen LogP contribution in [0.3, 0.4) is 0 Å². The van der Waals surface area contributed by atoms with Gasteiger partial charge in [-0.15, -0.1) is 0 Å². The van der Waals surface area contributed by atoms with E-state index in [1.165, 1.54) is 0 Å².